The second-order valence-electron chi connectivity index (χ2n) is 6.45. The van der Waals surface area contributed by atoms with Crippen LogP contribution in [0.3, 0.4) is 0 Å². The highest BCUT2D eigenvalue weighted by Gasteiger charge is 2.23. The van der Waals surface area contributed by atoms with E-state index in [1.165, 1.54) is 5.39 Å². The highest BCUT2D eigenvalue weighted by molar-refractivity contribution is 5.98. The first-order valence-corrected chi connectivity index (χ1v) is 8.17. The van der Waals surface area contributed by atoms with Gasteiger partial charge in [-0.2, -0.15) is 0 Å². The van der Waals surface area contributed by atoms with Crippen LogP contribution in [0.4, 0.5) is 0 Å². The van der Waals surface area contributed by atoms with Gasteiger partial charge in [0, 0.05) is 30.7 Å². The predicted octanol–water partition coefficient (Wildman–Crippen LogP) is 3.44. The van der Waals surface area contributed by atoms with E-state index < -0.39 is 0 Å². The van der Waals surface area contributed by atoms with Gasteiger partial charge in [-0.15, -0.1) is 0 Å². The summed E-state index contributed by atoms with van der Waals surface area (Å²) in [6.07, 6.45) is 2.08. The maximum Gasteiger partial charge on any atom is 0.253 e. The molecule has 3 rings (SSSR count). The van der Waals surface area contributed by atoms with E-state index in [0.717, 1.165) is 36.9 Å². The number of carbonyl (C=O) groups is 1. The van der Waals surface area contributed by atoms with Gasteiger partial charge < -0.3 is 10.2 Å². The van der Waals surface area contributed by atoms with Crippen LogP contribution in [-0.4, -0.2) is 36.0 Å². The number of hydrogen-bond acceptors (Lipinski definition) is 2. The zero-order valence-corrected chi connectivity index (χ0v) is 13.4. The van der Waals surface area contributed by atoms with Gasteiger partial charge in [-0.25, -0.2) is 0 Å². The van der Waals surface area contributed by atoms with Crippen molar-refractivity contribution in [2.45, 2.75) is 38.8 Å². The fourth-order valence-corrected chi connectivity index (χ4v) is 3.23. The third-order valence-electron chi connectivity index (χ3n) is 4.35. The number of nitrogens with one attached hydrogen (secondary N) is 1. The lowest BCUT2D eigenvalue weighted by Crippen LogP contribution is -2.46. The largest absolute Gasteiger partial charge is 0.339 e. The molecular formula is C19H24N2O. The molecule has 1 aliphatic rings. The molecule has 0 atom stereocenters. The summed E-state index contributed by atoms with van der Waals surface area (Å²) in [6, 6.07) is 15.2. The molecule has 1 heterocycles. The van der Waals surface area contributed by atoms with Gasteiger partial charge in [0.1, 0.15) is 0 Å². The van der Waals surface area contributed by atoms with Crippen LogP contribution in [0.1, 0.15) is 37.0 Å². The number of nitrogens with zero attached hydrogens (tertiary/aromatic N) is 1. The van der Waals surface area contributed by atoms with Gasteiger partial charge in [0.2, 0.25) is 0 Å². The summed E-state index contributed by atoms with van der Waals surface area (Å²) in [5.74, 6) is 0.161. The molecule has 3 heteroatoms. The Kier molecular flexibility index (Phi) is 4.44. The molecule has 0 unspecified atom stereocenters. The Morgan fingerprint density at radius 2 is 1.77 bits per heavy atom. The number of piperidine rings is 1. The molecule has 116 valence electrons. The SMILES string of the molecule is CC(C)NC1CCN(C(=O)c2ccc3ccccc3c2)CC1. The Balaban J connectivity index is 1.68. The van der Waals surface area contributed by atoms with Gasteiger partial charge in [0.25, 0.3) is 5.91 Å². The molecule has 0 saturated carbocycles. The zero-order chi connectivity index (χ0) is 15.5. The quantitative estimate of drug-likeness (QED) is 0.941. The Morgan fingerprint density at radius 3 is 2.45 bits per heavy atom. The molecule has 0 spiro atoms. The molecule has 3 nitrogen and oxygen atoms in total. The zero-order valence-electron chi connectivity index (χ0n) is 13.4. The second kappa shape index (κ2) is 6.49. The van der Waals surface area contributed by atoms with E-state index in [9.17, 15) is 4.79 Å². The van der Waals surface area contributed by atoms with Crippen molar-refractivity contribution < 1.29 is 4.79 Å². The first kappa shape index (κ1) is 15.0. The van der Waals surface area contributed by atoms with Crippen molar-refractivity contribution in [1.29, 1.82) is 0 Å². The number of carbonyl (C=O) groups excluding carboxylic acids is 1. The van der Waals surface area contributed by atoms with E-state index >= 15 is 0 Å². The van der Waals surface area contributed by atoms with Crippen LogP contribution in [-0.2, 0) is 0 Å². The van der Waals surface area contributed by atoms with Crippen LogP contribution in [0.5, 0.6) is 0 Å². The number of rotatable bonds is 3. The van der Waals surface area contributed by atoms with Gasteiger partial charge in [-0.3, -0.25) is 4.79 Å². The van der Waals surface area contributed by atoms with Crippen LogP contribution in [0.2, 0.25) is 0 Å². The fraction of sp³-hybridized carbons (Fsp3) is 0.421. The first-order valence-electron chi connectivity index (χ1n) is 8.17. The molecule has 0 bridgehead atoms. The smallest absolute Gasteiger partial charge is 0.253 e. The Hall–Kier alpha value is -1.87. The lowest BCUT2D eigenvalue weighted by molar-refractivity contribution is 0.0703. The van der Waals surface area contributed by atoms with Gasteiger partial charge in [-0.1, -0.05) is 44.2 Å². The average molecular weight is 296 g/mol. The maximum atomic E-state index is 12.7. The summed E-state index contributed by atoms with van der Waals surface area (Å²) in [6.45, 7) is 6.03. The van der Waals surface area contributed by atoms with Gasteiger partial charge in [-0.05, 0) is 35.7 Å². The highest BCUT2D eigenvalue weighted by atomic mass is 16.2. The molecule has 22 heavy (non-hydrogen) atoms. The minimum atomic E-state index is 0.161. The highest BCUT2D eigenvalue weighted by Crippen LogP contribution is 2.19. The second-order valence-corrected chi connectivity index (χ2v) is 6.45. The van der Waals surface area contributed by atoms with E-state index in [1.807, 2.05) is 35.2 Å². The molecule has 2 aromatic rings. The lowest BCUT2D eigenvalue weighted by Gasteiger charge is -2.33. The molecule has 0 aromatic heterocycles. The first-order chi connectivity index (χ1) is 10.6. The summed E-state index contributed by atoms with van der Waals surface area (Å²) in [5.41, 5.74) is 0.800. The van der Waals surface area contributed by atoms with E-state index in [4.69, 9.17) is 0 Å². The van der Waals surface area contributed by atoms with Crippen LogP contribution >= 0.6 is 0 Å². The van der Waals surface area contributed by atoms with E-state index in [-0.39, 0.29) is 5.91 Å². The Morgan fingerprint density at radius 1 is 1.09 bits per heavy atom. The summed E-state index contributed by atoms with van der Waals surface area (Å²) >= 11 is 0. The molecule has 1 amide bonds. The minimum Gasteiger partial charge on any atom is -0.339 e. The van der Waals surface area contributed by atoms with Gasteiger partial charge in [0.05, 0.1) is 0 Å². The van der Waals surface area contributed by atoms with Crippen LogP contribution in [0.15, 0.2) is 42.5 Å². The van der Waals surface area contributed by atoms with Crippen LogP contribution < -0.4 is 5.32 Å². The predicted molar refractivity (Wildman–Crippen MR) is 91.1 cm³/mol. The van der Waals surface area contributed by atoms with E-state index in [0.29, 0.717) is 12.1 Å². The number of benzene rings is 2. The third-order valence-corrected chi connectivity index (χ3v) is 4.35. The van der Waals surface area contributed by atoms with Crippen molar-refractivity contribution in [2.75, 3.05) is 13.1 Å². The van der Waals surface area contributed by atoms with Crippen molar-refractivity contribution >= 4 is 16.7 Å². The van der Waals surface area contributed by atoms with Crippen molar-refractivity contribution in [2.24, 2.45) is 0 Å². The molecule has 1 N–H and O–H groups in total. The molecule has 1 fully saturated rings. The maximum absolute atomic E-state index is 12.7. The Bertz CT molecular complexity index is 657. The molecular weight excluding hydrogens is 272 g/mol. The summed E-state index contributed by atoms with van der Waals surface area (Å²) in [7, 11) is 0. The average Bonchev–Trinajstić information content (AvgIpc) is 2.54. The number of hydrogen-bond donors (Lipinski definition) is 1. The monoisotopic (exact) mass is 296 g/mol. The van der Waals surface area contributed by atoms with Crippen molar-refractivity contribution in [3.63, 3.8) is 0 Å². The molecule has 2 aromatic carbocycles. The Labute approximate surface area is 132 Å². The summed E-state index contributed by atoms with van der Waals surface area (Å²) < 4.78 is 0. The molecule has 0 radical (unpaired) electrons. The van der Waals surface area contributed by atoms with Gasteiger partial charge >= 0.3 is 0 Å². The molecule has 1 saturated heterocycles. The van der Waals surface area contributed by atoms with Crippen molar-refractivity contribution in [1.82, 2.24) is 10.2 Å². The van der Waals surface area contributed by atoms with Crippen molar-refractivity contribution in [3.8, 4) is 0 Å². The standard InChI is InChI=1S/C19H24N2O/c1-14(2)20-18-9-11-21(12-10-18)19(22)17-8-7-15-5-3-4-6-16(15)13-17/h3-8,13-14,18,20H,9-12H2,1-2H3. The number of amides is 1. The fourth-order valence-electron chi connectivity index (χ4n) is 3.23. The third kappa shape index (κ3) is 3.30. The van der Waals surface area contributed by atoms with E-state index in [2.05, 4.69) is 31.3 Å². The van der Waals surface area contributed by atoms with Crippen LogP contribution in [0.25, 0.3) is 10.8 Å². The molecule has 1 aliphatic heterocycles. The summed E-state index contributed by atoms with van der Waals surface area (Å²) in [4.78, 5) is 14.7. The molecule has 0 aliphatic carbocycles. The number of fused-ring (bicyclic) bond motifs is 1. The number of likely N-dealkylation sites (tertiary alicyclic amines) is 1. The minimum absolute atomic E-state index is 0.161. The lowest BCUT2D eigenvalue weighted by atomic mass is 10.0. The topological polar surface area (TPSA) is 32.3 Å². The van der Waals surface area contributed by atoms with Crippen molar-refractivity contribution in [3.05, 3.63) is 48.0 Å². The normalized spacial score (nSPS) is 16.4. The van der Waals surface area contributed by atoms with E-state index in [1.54, 1.807) is 0 Å². The summed E-state index contributed by atoms with van der Waals surface area (Å²) in [5, 5.41) is 5.88. The van der Waals surface area contributed by atoms with Gasteiger partial charge in [0.15, 0.2) is 0 Å². The van der Waals surface area contributed by atoms with Crippen LogP contribution in [0, 0.1) is 0 Å².